The predicted octanol–water partition coefficient (Wildman–Crippen LogP) is 5.34. The summed E-state index contributed by atoms with van der Waals surface area (Å²) >= 11 is 0. The molecule has 1 aliphatic heterocycles. The van der Waals surface area contributed by atoms with Gasteiger partial charge in [-0.05, 0) is 60.2 Å². The van der Waals surface area contributed by atoms with E-state index in [0.717, 1.165) is 34.6 Å². The van der Waals surface area contributed by atoms with Gasteiger partial charge in [0.25, 0.3) is 0 Å². The summed E-state index contributed by atoms with van der Waals surface area (Å²) in [6, 6.07) is 24.9. The van der Waals surface area contributed by atoms with E-state index in [-0.39, 0.29) is 18.5 Å². The van der Waals surface area contributed by atoms with Crippen LogP contribution >= 0.6 is 0 Å². The van der Waals surface area contributed by atoms with Crippen LogP contribution in [-0.4, -0.2) is 66.6 Å². The fourth-order valence-corrected chi connectivity index (χ4v) is 5.42. The molecule has 0 aliphatic carbocycles. The Morgan fingerprint density at radius 3 is 2.00 bits per heavy atom. The molecule has 1 heterocycles. The van der Waals surface area contributed by atoms with E-state index in [4.69, 9.17) is 19.3 Å². The molecule has 3 atom stereocenters. The quantitative estimate of drug-likeness (QED) is 0.222. The molecule has 9 nitrogen and oxygen atoms in total. The van der Waals surface area contributed by atoms with Crippen LogP contribution in [0.1, 0.15) is 61.0 Å². The number of nitrogens with one attached hydrogen (secondary N) is 1. The zero-order chi connectivity index (χ0) is 29.9. The number of hydrogen-bond donors (Lipinski definition) is 3. The molecule has 1 fully saturated rings. The minimum Gasteiger partial charge on any atom is -0.497 e. The standard InChI is InChI=1S/C33H40N2O7/c1-40-27-16-12-24(13-17-27)31(25-14-18-28(41-2)19-15-25)42-32(23-9-5-3-6-10-23)29-21-26(36)22-35(29)30(37)11-7-4-8-20-34-33(38)39/h3,5-6,9-10,12-19,26,29,31-32,34,36H,4,7-8,11,20-22H2,1-2H3,(H,38,39). The van der Waals surface area contributed by atoms with Gasteiger partial charge in [-0.3, -0.25) is 4.79 Å². The highest BCUT2D eigenvalue weighted by molar-refractivity contribution is 5.77. The number of amides is 2. The molecule has 3 unspecified atom stereocenters. The molecule has 0 aromatic heterocycles. The van der Waals surface area contributed by atoms with Gasteiger partial charge >= 0.3 is 6.09 Å². The molecular weight excluding hydrogens is 536 g/mol. The number of likely N-dealkylation sites (tertiary alicyclic amines) is 1. The zero-order valence-corrected chi connectivity index (χ0v) is 24.1. The minimum atomic E-state index is -1.05. The van der Waals surface area contributed by atoms with Crippen molar-refractivity contribution in [3.63, 3.8) is 0 Å². The summed E-state index contributed by atoms with van der Waals surface area (Å²) in [6.07, 6.45) is 0.0454. The number of carbonyl (C=O) groups excluding carboxylic acids is 1. The first kappa shape index (κ1) is 30.9. The molecule has 1 aliphatic rings. The van der Waals surface area contributed by atoms with Crippen molar-refractivity contribution in [1.29, 1.82) is 0 Å². The van der Waals surface area contributed by atoms with Crippen LogP contribution in [-0.2, 0) is 9.53 Å². The first-order chi connectivity index (χ1) is 20.4. The molecule has 3 aromatic carbocycles. The van der Waals surface area contributed by atoms with Gasteiger partial charge in [-0.15, -0.1) is 0 Å². The molecule has 1 saturated heterocycles. The molecule has 224 valence electrons. The molecule has 2 amide bonds. The molecule has 9 heteroatoms. The van der Waals surface area contributed by atoms with Crippen LogP contribution in [0, 0.1) is 0 Å². The summed E-state index contributed by atoms with van der Waals surface area (Å²) in [6.45, 7) is 0.600. The lowest BCUT2D eigenvalue weighted by atomic mass is 9.96. The van der Waals surface area contributed by atoms with Crippen molar-refractivity contribution in [3.8, 4) is 11.5 Å². The van der Waals surface area contributed by atoms with Crippen molar-refractivity contribution >= 4 is 12.0 Å². The second kappa shape index (κ2) is 15.2. The lowest BCUT2D eigenvalue weighted by Crippen LogP contribution is -2.40. The minimum absolute atomic E-state index is 0.0438. The highest BCUT2D eigenvalue weighted by Crippen LogP contribution is 2.40. The van der Waals surface area contributed by atoms with Gasteiger partial charge in [-0.25, -0.2) is 4.79 Å². The second-order valence-electron chi connectivity index (χ2n) is 10.4. The third-order valence-electron chi connectivity index (χ3n) is 7.58. The molecule has 4 rings (SSSR count). The Morgan fingerprint density at radius 2 is 1.45 bits per heavy atom. The van der Waals surface area contributed by atoms with Crippen LogP contribution in [0.5, 0.6) is 11.5 Å². The summed E-state index contributed by atoms with van der Waals surface area (Å²) in [7, 11) is 3.25. The predicted molar refractivity (Wildman–Crippen MR) is 159 cm³/mol. The summed E-state index contributed by atoms with van der Waals surface area (Å²) in [5.74, 6) is 1.43. The van der Waals surface area contributed by atoms with Gasteiger partial charge in [-0.1, -0.05) is 61.0 Å². The van der Waals surface area contributed by atoms with Gasteiger partial charge in [0.1, 0.15) is 23.7 Å². The van der Waals surface area contributed by atoms with E-state index < -0.39 is 24.4 Å². The number of ether oxygens (including phenoxy) is 3. The van der Waals surface area contributed by atoms with E-state index in [1.54, 1.807) is 19.1 Å². The largest absolute Gasteiger partial charge is 0.497 e. The molecule has 3 aromatic rings. The maximum absolute atomic E-state index is 13.5. The Balaban J connectivity index is 1.60. The second-order valence-corrected chi connectivity index (χ2v) is 10.4. The Hall–Kier alpha value is -4.08. The molecular formula is C33H40N2O7. The maximum atomic E-state index is 13.5. The Kier molecular flexibility index (Phi) is 11.2. The van der Waals surface area contributed by atoms with Crippen LogP contribution in [0.4, 0.5) is 4.79 Å². The van der Waals surface area contributed by atoms with Crippen LogP contribution < -0.4 is 14.8 Å². The highest BCUT2D eigenvalue weighted by atomic mass is 16.5. The van der Waals surface area contributed by atoms with Crippen LogP contribution in [0.3, 0.4) is 0 Å². The molecule has 0 saturated carbocycles. The molecule has 0 bridgehead atoms. The normalized spacial score (nSPS) is 17.2. The number of aliphatic hydroxyl groups is 1. The summed E-state index contributed by atoms with van der Waals surface area (Å²) < 4.78 is 17.7. The van der Waals surface area contributed by atoms with Gasteiger partial charge in [0, 0.05) is 19.5 Å². The average Bonchev–Trinajstić information content (AvgIpc) is 3.41. The smallest absolute Gasteiger partial charge is 0.404 e. The van der Waals surface area contributed by atoms with Crippen LogP contribution in [0.25, 0.3) is 0 Å². The van der Waals surface area contributed by atoms with Crippen molar-refractivity contribution in [1.82, 2.24) is 10.2 Å². The van der Waals surface area contributed by atoms with E-state index >= 15 is 0 Å². The Bertz CT molecular complexity index is 1220. The highest BCUT2D eigenvalue weighted by Gasteiger charge is 2.41. The Morgan fingerprint density at radius 1 is 0.857 bits per heavy atom. The molecule has 0 spiro atoms. The van der Waals surface area contributed by atoms with Crippen LogP contribution in [0.15, 0.2) is 78.9 Å². The van der Waals surface area contributed by atoms with Gasteiger partial charge < -0.3 is 34.6 Å². The number of benzene rings is 3. The van der Waals surface area contributed by atoms with Gasteiger partial charge in [-0.2, -0.15) is 0 Å². The number of nitrogens with zero attached hydrogens (tertiary/aromatic N) is 1. The first-order valence-electron chi connectivity index (χ1n) is 14.3. The zero-order valence-electron chi connectivity index (χ0n) is 24.1. The number of carboxylic acid groups (broad SMARTS) is 1. The van der Waals surface area contributed by atoms with E-state index in [9.17, 15) is 14.7 Å². The SMILES string of the molecule is COc1ccc(C(OC(c2ccccc2)C2CC(O)CN2C(=O)CCCCCNC(=O)O)c2ccc(OC)cc2)cc1. The Labute approximate surface area is 247 Å². The summed E-state index contributed by atoms with van der Waals surface area (Å²) in [5.41, 5.74) is 2.77. The van der Waals surface area contributed by atoms with E-state index in [1.165, 1.54) is 0 Å². The molecule has 3 N–H and O–H groups in total. The van der Waals surface area contributed by atoms with Gasteiger partial charge in [0.15, 0.2) is 0 Å². The number of aliphatic hydroxyl groups excluding tert-OH is 1. The molecule has 42 heavy (non-hydrogen) atoms. The van der Waals surface area contributed by atoms with E-state index in [2.05, 4.69) is 5.32 Å². The van der Waals surface area contributed by atoms with E-state index in [0.29, 0.717) is 32.2 Å². The van der Waals surface area contributed by atoms with E-state index in [1.807, 2.05) is 78.9 Å². The van der Waals surface area contributed by atoms with Crippen molar-refractivity contribution < 1.29 is 34.0 Å². The average molecular weight is 577 g/mol. The van der Waals surface area contributed by atoms with Crippen molar-refractivity contribution in [2.24, 2.45) is 0 Å². The third-order valence-corrected chi connectivity index (χ3v) is 7.58. The lowest BCUT2D eigenvalue weighted by molar-refractivity contribution is -0.136. The summed E-state index contributed by atoms with van der Waals surface area (Å²) in [4.78, 5) is 25.9. The number of β-amino-alcohol motifs (C(OH)–C–C–N with tert-alkyl or cyclic N) is 1. The van der Waals surface area contributed by atoms with Crippen molar-refractivity contribution in [2.75, 3.05) is 27.3 Å². The summed E-state index contributed by atoms with van der Waals surface area (Å²) in [5, 5.41) is 21.8. The first-order valence-corrected chi connectivity index (χ1v) is 14.3. The fourth-order valence-electron chi connectivity index (χ4n) is 5.42. The maximum Gasteiger partial charge on any atom is 0.404 e. The monoisotopic (exact) mass is 576 g/mol. The van der Waals surface area contributed by atoms with Crippen LogP contribution in [0.2, 0.25) is 0 Å². The third kappa shape index (κ3) is 8.24. The lowest BCUT2D eigenvalue weighted by Gasteiger charge is -2.35. The van der Waals surface area contributed by atoms with Crippen molar-refractivity contribution in [2.45, 2.75) is 56.5 Å². The topological polar surface area (TPSA) is 118 Å². The number of carbonyl (C=O) groups is 2. The fraction of sp³-hybridized carbons (Fsp3) is 0.394. The van der Waals surface area contributed by atoms with Gasteiger partial charge in [0.2, 0.25) is 5.91 Å². The number of unbranched alkanes of at least 4 members (excludes halogenated alkanes) is 2. The number of rotatable bonds is 14. The molecule has 0 radical (unpaired) electrons. The van der Waals surface area contributed by atoms with Crippen molar-refractivity contribution in [3.05, 3.63) is 95.6 Å². The number of methoxy groups -OCH3 is 2. The number of hydrogen-bond acceptors (Lipinski definition) is 6. The van der Waals surface area contributed by atoms with Gasteiger partial charge in [0.05, 0.1) is 26.4 Å².